The number of nitrogens with zero attached hydrogens (tertiary/aromatic N) is 1. The molecule has 0 saturated carbocycles. The second-order valence-corrected chi connectivity index (χ2v) is 5.10. The van der Waals surface area contributed by atoms with E-state index in [0.717, 1.165) is 11.3 Å². The molecule has 0 aliphatic rings. The minimum atomic E-state index is 0.238. The topological polar surface area (TPSA) is 45.0 Å². The Labute approximate surface area is 126 Å². The molecule has 3 nitrogen and oxygen atoms in total. The quantitative estimate of drug-likeness (QED) is 0.907. The first-order chi connectivity index (χ1) is 10.2. The summed E-state index contributed by atoms with van der Waals surface area (Å²) in [4.78, 5) is 0. The molecular weight excluding hydrogens is 260 g/mol. The van der Waals surface area contributed by atoms with Crippen LogP contribution in [0.25, 0.3) is 0 Å². The minimum absolute atomic E-state index is 0.238. The summed E-state index contributed by atoms with van der Waals surface area (Å²) < 4.78 is 5.36. The molecule has 0 unspecified atom stereocenters. The number of aryl methyl sites for hydroxylation is 1. The zero-order chi connectivity index (χ0) is 15.2. The fourth-order valence-electron chi connectivity index (χ4n) is 2.43. The van der Waals surface area contributed by atoms with Crippen molar-refractivity contribution >= 4 is 0 Å². The summed E-state index contributed by atoms with van der Waals surface area (Å²) in [5.41, 5.74) is 4.20. The first kappa shape index (κ1) is 15.1. The number of rotatable bonds is 5. The molecule has 0 aromatic heterocycles. The molecule has 1 atom stereocenters. The average Bonchev–Trinajstić information content (AvgIpc) is 2.52. The van der Waals surface area contributed by atoms with Crippen LogP contribution in [0.15, 0.2) is 42.5 Å². The molecule has 0 spiro atoms. The van der Waals surface area contributed by atoms with E-state index in [1.807, 2.05) is 18.2 Å². The van der Waals surface area contributed by atoms with Crippen molar-refractivity contribution in [2.45, 2.75) is 26.4 Å². The van der Waals surface area contributed by atoms with Gasteiger partial charge < -0.3 is 10.1 Å². The molecule has 0 aliphatic heterocycles. The first-order valence-corrected chi connectivity index (χ1v) is 7.01. The van der Waals surface area contributed by atoms with Crippen LogP contribution in [0, 0.1) is 18.3 Å². The Hall–Kier alpha value is -2.31. The molecule has 108 valence electrons. The molecule has 0 heterocycles. The van der Waals surface area contributed by atoms with E-state index in [-0.39, 0.29) is 6.04 Å². The standard InChI is InChI=1S/C18H20N2O/c1-13-6-4-5-7-17(13)14(2)20-12-16-10-15(11-19)8-9-18(16)21-3/h4-10,14,20H,12H2,1-3H3/t14-/m1/s1. The van der Waals surface area contributed by atoms with Crippen LogP contribution in [0.1, 0.15) is 35.2 Å². The molecule has 2 aromatic carbocycles. The van der Waals surface area contributed by atoms with Gasteiger partial charge >= 0.3 is 0 Å². The van der Waals surface area contributed by atoms with E-state index < -0.39 is 0 Å². The van der Waals surface area contributed by atoms with Crippen molar-refractivity contribution in [3.8, 4) is 11.8 Å². The summed E-state index contributed by atoms with van der Waals surface area (Å²) in [5.74, 6) is 0.804. The van der Waals surface area contributed by atoms with Crippen LogP contribution in [-0.4, -0.2) is 7.11 Å². The van der Waals surface area contributed by atoms with Crippen LogP contribution in [0.2, 0.25) is 0 Å². The Morgan fingerprint density at radius 3 is 2.67 bits per heavy atom. The summed E-state index contributed by atoms with van der Waals surface area (Å²) in [6.07, 6.45) is 0. The number of nitriles is 1. The van der Waals surface area contributed by atoms with Gasteiger partial charge in [0.25, 0.3) is 0 Å². The highest BCUT2D eigenvalue weighted by Crippen LogP contribution is 2.22. The summed E-state index contributed by atoms with van der Waals surface area (Å²) in [5, 5.41) is 12.5. The van der Waals surface area contributed by atoms with Gasteiger partial charge in [-0.25, -0.2) is 0 Å². The summed E-state index contributed by atoms with van der Waals surface area (Å²) in [7, 11) is 1.65. The molecule has 0 radical (unpaired) electrons. The van der Waals surface area contributed by atoms with Crippen LogP contribution in [0.3, 0.4) is 0 Å². The van der Waals surface area contributed by atoms with Crippen molar-refractivity contribution in [2.75, 3.05) is 7.11 Å². The molecule has 0 aliphatic carbocycles. The highest BCUT2D eigenvalue weighted by Gasteiger charge is 2.10. The number of ether oxygens (including phenoxy) is 1. The van der Waals surface area contributed by atoms with Crippen LogP contribution >= 0.6 is 0 Å². The normalized spacial score (nSPS) is 11.7. The van der Waals surface area contributed by atoms with Crippen LogP contribution in [0.4, 0.5) is 0 Å². The third-order valence-electron chi connectivity index (χ3n) is 3.66. The first-order valence-electron chi connectivity index (χ1n) is 7.01. The number of nitrogens with one attached hydrogen (secondary N) is 1. The predicted octanol–water partition coefficient (Wildman–Crippen LogP) is 3.73. The van der Waals surface area contributed by atoms with Crippen LogP contribution < -0.4 is 10.1 Å². The van der Waals surface area contributed by atoms with E-state index in [1.54, 1.807) is 13.2 Å². The molecule has 21 heavy (non-hydrogen) atoms. The largest absolute Gasteiger partial charge is 0.496 e. The van der Waals surface area contributed by atoms with Gasteiger partial charge in [0.2, 0.25) is 0 Å². The fraction of sp³-hybridized carbons (Fsp3) is 0.278. The monoisotopic (exact) mass is 280 g/mol. The summed E-state index contributed by atoms with van der Waals surface area (Å²) in [6, 6.07) is 16.2. The van der Waals surface area contributed by atoms with E-state index in [0.29, 0.717) is 12.1 Å². The van der Waals surface area contributed by atoms with Crippen LogP contribution in [-0.2, 0) is 6.54 Å². The lowest BCUT2D eigenvalue weighted by atomic mass is 10.0. The SMILES string of the molecule is COc1ccc(C#N)cc1CN[C@H](C)c1ccccc1C. The molecule has 0 bridgehead atoms. The van der Waals surface area contributed by atoms with E-state index in [9.17, 15) is 0 Å². The lowest BCUT2D eigenvalue weighted by Crippen LogP contribution is -2.19. The zero-order valence-corrected chi connectivity index (χ0v) is 12.7. The Morgan fingerprint density at radius 1 is 1.24 bits per heavy atom. The van der Waals surface area contributed by atoms with Crippen molar-refractivity contribution < 1.29 is 4.74 Å². The van der Waals surface area contributed by atoms with E-state index in [2.05, 4.69) is 43.4 Å². The average molecular weight is 280 g/mol. The lowest BCUT2D eigenvalue weighted by molar-refractivity contribution is 0.406. The Kier molecular flexibility index (Phi) is 4.97. The second-order valence-electron chi connectivity index (χ2n) is 5.10. The molecule has 0 fully saturated rings. The lowest BCUT2D eigenvalue weighted by Gasteiger charge is -2.17. The maximum Gasteiger partial charge on any atom is 0.123 e. The Morgan fingerprint density at radius 2 is 2.00 bits per heavy atom. The highest BCUT2D eigenvalue weighted by molar-refractivity contribution is 5.42. The minimum Gasteiger partial charge on any atom is -0.496 e. The molecule has 2 rings (SSSR count). The maximum absolute atomic E-state index is 9.01. The predicted molar refractivity (Wildman–Crippen MR) is 84.1 cm³/mol. The molecular formula is C18H20N2O. The van der Waals surface area contributed by atoms with Gasteiger partial charge in [0.1, 0.15) is 5.75 Å². The third-order valence-corrected chi connectivity index (χ3v) is 3.66. The van der Waals surface area contributed by atoms with Crippen molar-refractivity contribution in [3.05, 3.63) is 64.7 Å². The Balaban J connectivity index is 2.13. The molecule has 0 saturated heterocycles. The van der Waals surface area contributed by atoms with Gasteiger partial charge in [0, 0.05) is 18.2 Å². The van der Waals surface area contributed by atoms with Crippen molar-refractivity contribution in [1.82, 2.24) is 5.32 Å². The summed E-state index contributed by atoms with van der Waals surface area (Å²) >= 11 is 0. The number of methoxy groups -OCH3 is 1. The fourth-order valence-corrected chi connectivity index (χ4v) is 2.43. The van der Waals surface area contributed by atoms with Crippen LogP contribution in [0.5, 0.6) is 5.75 Å². The highest BCUT2D eigenvalue weighted by atomic mass is 16.5. The zero-order valence-electron chi connectivity index (χ0n) is 12.7. The second kappa shape index (κ2) is 6.92. The molecule has 2 aromatic rings. The van der Waals surface area contributed by atoms with E-state index >= 15 is 0 Å². The third kappa shape index (κ3) is 3.62. The van der Waals surface area contributed by atoms with Crippen molar-refractivity contribution in [1.29, 1.82) is 5.26 Å². The van der Waals surface area contributed by atoms with Gasteiger partial charge in [-0.15, -0.1) is 0 Å². The van der Waals surface area contributed by atoms with Gasteiger partial charge in [-0.1, -0.05) is 24.3 Å². The van der Waals surface area contributed by atoms with Gasteiger partial charge in [0.05, 0.1) is 18.7 Å². The Bertz CT molecular complexity index is 659. The molecule has 3 heteroatoms. The van der Waals surface area contributed by atoms with Crippen molar-refractivity contribution in [2.24, 2.45) is 0 Å². The molecule has 1 N–H and O–H groups in total. The maximum atomic E-state index is 9.01. The summed E-state index contributed by atoms with van der Waals surface area (Å²) in [6.45, 7) is 4.92. The van der Waals surface area contributed by atoms with Gasteiger partial charge in [-0.2, -0.15) is 5.26 Å². The van der Waals surface area contributed by atoms with Gasteiger partial charge in [-0.3, -0.25) is 0 Å². The number of benzene rings is 2. The van der Waals surface area contributed by atoms with E-state index in [4.69, 9.17) is 10.00 Å². The van der Waals surface area contributed by atoms with E-state index in [1.165, 1.54) is 11.1 Å². The number of hydrogen-bond acceptors (Lipinski definition) is 3. The number of hydrogen-bond donors (Lipinski definition) is 1. The van der Waals surface area contributed by atoms with Gasteiger partial charge in [-0.05, 0) is 43.2 Å². The van der Waals surface area contributed by atoms with Crippen molar-refractivity contribution in [3.63, 3.8) is 0 Å². The smallest absolute Gasteiger partial charge is 0.123 e. The van der Waals surface area contributed by atoms with Gasteiger partial charge in [0.15, 0.2) is 0 Å². The molecule has 0 amide bonds.